The molecule has 0 bridgehead atoms. The maximum atomic E-state index is 13.0. The Labute approximate surface area is 165 Å². The summed E-state index contributed by atoms with van der Waals surface area (Å²) >= 11 is 0. The Morgan fingerprint density at radius 3 is 2.36 bits per heavy atom. The normalized spacial score (nSPS) is 17.1. The van der Waals surface area contributed by atoms with E-state index < -0.39 is 17.7 Å². The lowest BCUT2D eigenvalue weighted by Gasteiger charge is -2.27. The van der Waals surface area contributed by atoms with Crippen LogP contribution in [0, 0.1) is 5.92 Å². The Hall–Kier alpha value is -2.95. The summed E-state index contributed by atoms with van der Waals surface area (Å²) in [6.45, 7) is 8.08. The maximum Gasteiger partial charge on any atom is 0.294 e. The molecule has 5 heteroatoms. The highest BCUT2D eigenvalue weighted by molar-refractivity contribution is 6.16. The van der Waals surface area contributed by atoms with E-state index in [4.69, 9.17) is 0 Å². The molecular weight excluding hydrogens is 352 g/mol. The summed E-state index contributed by atoms with van der Waals surface area (Å²) in [5, 5.41) is 10.6. The first-order valence-electron chi connectivity index (χ1n) is 9.61. The van der Waals surface area contributed by atoms with Crippen molar-refractivity contribution < 1.29 is 14.7 Å². The predicted molar refractivity (Wildman–Crippen MR) is 109 cm³/mol. The third-order valence-electron chi connectivity index (χ3n) is 4.94. The second-order valence-electron chi connectivity index (χ2n) is 7.89. The molecule has 146 valence electrons. The van der Waals surface area contributed by atoms with E-state index >= 15 is 0 Å². The van der Waals surface area contributed by atoms with E-state index in [0.717, 1.165) is 5.56 Å². The van der Waals surface area contributed by atoms with Gasteiger partial charge in [0.15, 0.2) is 11.5 Å². The smallest absolute Gasteiger partial charge is 0.294 e. The number of aliphatic hydroxyl groups excluding tert-OH is 1. The number of hydrogen-bond acceptors (Lipinski definition) is 4. The van der Waals surface area contributed by atoms with Gasteiger partial charge in [-0.2, -0.15) is 0 Å². The number of anilines is 1. The van der Waals surface area contributed by atoms with Crippen LogP contribution in [0.3, 0.4) is 0 Å². The van der Waals surface area contributed by atoms with Crippen LogP contribution in [-0.4, -0.2) is 21.8 Å². The Kier molecular flexibility index (Phi) is 5.63. The van der Waals surface area contributed by atoms with Crippen LogP contribution in [0.1, 0.15) is 57.2 Å². The number of pyridine rings is 1. The summed E-state index contributed by atoms with van der Waals surface area (Å²) in [7, 11) is 0. The van der Waals surface area contributed by atoms with Crippen molar-refractivity contribution in [2.24, 2.45) is 5.92 Å². The molecule has 0 aliphatic carbocycles. The molecule has 5 nitrogen and oxygen atoms in total. The van der Waals surface area contributed by atoms with Crippen LogP contribution < -0.4 is 4.90 Å². The zero-order valence-corrected chi connectivity index (χ0v) is 16.7. The van der Waals surface area contributed by atoms with E-state index in [0.29, 0.717) is 17.2 Å². The summed E-state index contributed by atoms with van der Waals surface area (Å²) in [4.78, 5) is 31.5. The molecule has 1 aromatic carbocycles. The van der Waals surface area contributed by atoms with Gasteiger partial charge >= 0.3 is 0 Å². The molecule has 0 spiro atoms. The highest BCUT2D eigenvalue weighted by Crippen LogP contribution is 2.41. The van der Waals surface area contributed by atoms with Crippen molar-refractivity contribution >= 4 is 17.4 Å². The van der Waals surface area contributed by atoms with E-state index in [1.165, 1.54) is 4.90 Å². The van der Waals surface area contributed by atoms with Gasteiger partial charge in [0.05, 0.1) is 11.6 Å². The Morgan fingerprint density at radius 2 is 1.82 bits per heavy atom. The summed E-state index contributed by atoms with van der Waals surface area (Å²) in [5.74, 6) is -0.745. The SMILES string of the molecule is CC(C)CC(=O)C1=C(O)C(=O)N(c2ccc(C(C)C)cc2)C1c1cccnc1. The lowest BCUT2D eigenvalue weighted by Crippen LogP contribution is -2.31. The first-order valence-corrected chi connectivity index (χ1v) is 9.61. The summed E-state index contributed by atoms with van der Waals surface area (Å²) in [5.41, 5.74) is 2.64. The number of Topliss-reactive ketones (excluding diaryl/α,β-unsaturated/α-hetero) is 1. The number of carbonyl (C=O) groups excluding carboxylic acids is 2. The molecule has 1 unspecified atom stereocenters. The summed E-state index contributed by atoms with van der Waals surface area (Å²) < 4.78 is 0. The number of aliphatic hydroxyl groups is 1. The van der Waals surface area contributed by atoms with Crippen molar-refractivity contribution in [1.82, 2.24) is 4.98 Å². The zero-order valence-electron chi connectivity index (χ0n) is 16.7. The summed E-state index contributed by atoms with van der Waals surface area (Å²) in [6, 6.07) is 10.6. The van der Waals surface area contributed by atoms with Crippen LogP contribution in [0.25, 0.3) is 0 Å². The van der Waals surface area contributed by atoms with E-state index in [1.807, 2.05) is 44.2 Å². The molecule has 0 saturated carbocycles. The fraction of sp³-hybridized carbons (Fsp3) is 0.348. The topological polar surface area (TPSA) is 70.5 Å². The third kappa shape index (κ3) is 3.70. The van der Waals surface area contributed by atoms with Gasteiger partial charge in [-0.3, -0.25) is 19.5 Å². The molecule has 2 heterocycles. The van der Waals surface area contributed by atoms with E-state index in [9.17, 15) is 14.7 Å². The molecule has 1 aliphatic heterocycles. The van der Waals surface area contributed by atoms with E-state index in [2.05, 4.69) is 18.8 Å². The molecule has 0 radical (unpaired) electrons. The molecule has 2 aromatic rings. The Bertz CT molecular complexity index is 899. The number of amides is 1. The van der Waals surface area contributed by atoms with Crippen LogP contribution in [0.15, 0.2) is 60.1 Å². The average molecular weight is 378 g/mol. The molecule has 1 amide bonds. The molecule has 1 aliphatic rings. The molecule has 3 rings (SSSR count). The molecule has 1 N–H and O–H groups in total. The lowest BCUT2D eigenvalue weighted by molar-refractivity contribution is -0.118. The molecule has 0 saturated heterocycles. The first kappa shape index (κ1) is 19.8. The molecule has 0 fully saturated rings. The monoisotopic (exact) mass is 378 g/mol. The van der Waals surface area contributed by atoms with Gasteiger partial charge in [0, 0.05) is 24.5 Å². The fourth-order valence-electron chi connectivity index (χ4n) is 3.51. The predicted octanol–water partition coefficient (Wildman–Crippen LogP) is 4.72. The molecule has 1 atom stereocenters. The van der Waals surface area contributed by atoms with Gasteiger partial charge in [0.1, 0.15) is 0 Å². The van der Waals surface area contributed by atoms with Gasteiger partial charge in [0.2, 0.25) is 0 Å². The number of benzene rings is 1. The Balaban J connectivity index is 2.09. The van der Waals surface area contributed by atoms with Gasteiger partial charge in [-0.05, 0) is 41.2 Å². The van der Waals surface area contributed by atoms with Crippen molar-refractivity contribution in [3.63, 3.8) is 0 Å². The number of aromatic nitrogens is 1. The van der Waals surface area contributed by atoms with Crippen LogP contribution in [0.2, 0.25) is 0 Å². The largest absolute Gasteiger partial charge is 0.503 e. The average Bonchev–Trinajstić information content (AvgIpc) is 2.93. The number of ketones is 1. The first-order chi connectivity index (χ1) is 13.3. The van der Waals surface area contributed by atoms with E-state index in [-0.39, 0.29) is 23.7 Å². The van der Waals surface area contributed by atoms with Gasteiger partial charge in [-0.15, -0.1) is 0 Å². The van der Waals surface area contributed by atoms with Crippen molar-refractivity contribution in [2.45, 2.75) is 46.1 Å². The van der Waals surface area contributed by atoms with Gasteiger partial charge in [0.25, 0.3) is 5.91 Å². The molecule has 1 aromatic heterocycles. The highest BCUT2D eigenvalue weighted by Gasteiger charge is 2.44. The highest BCUT2D eigenvalue weighted by atomic mass is 16.3. The number of nitrogens with zero attached hydrogens (tertiary/aromatic N) is 2. The standard InChI is InChI=1S/C23H26N2O3/c1-14(2)12-19(26)20-21(17-6-5-11-24-13-17)25(23(28)22(20)27)18-9-7-16(8-10-18)15(3)4/h5-11,13-15,21,27H,12H2,1-4H3. The second kappa shape index (κ2) is 7.97. The number of rotatable bonds is 6. The third-order valence-corrected chi connectivity index (χ3v) is 4.94. The van der Waals surface area contributed by atoms with E-state index in [1.54, 1.807) is 18.5 Å². The minimum atomic E-state index is -0.683. The zero-order chi connectivity index (χ0) is 20.4. The van der Waals surface area contributed by atoms with Crippen LogP contribution >= 0.6 is 0 Å². The summed E-state index contributed by atoms with van der Waals surface area (Å²) in [6.07, 6.45) is 3.54. The minimum Gasteiger partial charge on any atom is -0.503 e. The molecule has 28 heavy (non-hydrogen) atoms. The maximum absolute atomic E-state index is 13.0. The van der Waals surface area contributed by atoms with Gasteiger partial charge < -0.3 is 5.11 Å². The second-order valence-corrected chi connectivity index (χ2v) is 7.89. The fourth-order valence-corrected chi connectivity index (χ4v) is 3.51. The van der Waals surface area contributed by atoms with Crippen molar-refractivity contribution in [2.75, 3.05) is 4.90 Å². The van der Waals surface area contributed by atoms with Crippen LogP contribution in [-0.2, 0) is 9.59 Å². The van der Waals surface area contributed by atoms with Crippen molar-refractivity contribution in [1.29, 1.82) is 0 Å². The van der Waals surface area contributed by atoms with Crippen molar-refractivity contribution in [3.05, 3.63) is 71.3 Å². The Morgan fingerprint density at radius 1 is 1.14 bits per heavy atom. The number of carbonyl (C=O) groups is 2. The van der Waals surface area contributed by atoms with Crippen LogP contribution in [0.5, 0.6) is 0 Å². The van der Waals surface area contributed by atoms with Gasteiger partial charge in [-0.25, -0.2) is 0 Å². The number of hydrogen-bond donors (Lipinski definition) is 1. The lowest BCUT2D eigenvalue weighted by atomic mass is 9.92. The quantitative estimate of drug-likeness (QED) is 0.789. The van der Waals surface area contributed by atoms with Crippen molar-refractivity contribution in [3.8, 4) is 0 Å². The molecular formula is C23H26N2O3. The van der Waals surface area contributed by atoms with Crippen LogP contribution in [0.4, 0.5) is 5.69 Å². The van der Waals surface area contributed by atoms with Gasteiger partial charge in [-0.1, -0.05) is 45.9 Å². The minimum absolute atomic E-state index is 0.122.